The fourth-order valence-corrected chi connectivity index (χ4v) is 3.04. The highest BCUT2D eigenvalue weighted by Gasteiger charge is 2.09. The third-order valence-electron chi connectivity index (χ3n) is 1.79. The van der Waals surface area contributed by atoms with E-state index in [1.807, 2.05) is 0 Å². The summed E-state index contributed by atoms with van der Waals surface area (Å²) < 4.78 is 11.6. The topological polar surface area (TPSA) is 59.3 Å². The molecule has 0 aliphatic rings. The van der Waals surface area contributed by atoms with E-state index in [0.29, 0.717) is 17.9 Å². The normalized spacial score (nSPS) is 9.53. The Morgan fingerprint density at radius 1 is 1.41 bits per heavy atom. The molecule has 0 aliphatic heterocycles. The Hall–Kier alpha value is -0.560. The fourth-order valence-electron chi connectivity index (χ4n) is 1.08. The quantitative estimate of drug-likeness (QED) is 0.516. The fraction of sp³-hybridized carbons (Fsp3) is 0.273. The molecule has 0 N–H and O–H groups in total. The van der Waals surface area contributed by atoms with Gasteiger partial charge < -0.3 is 9.47 Å². The Morgan fingerprint density at radius 2 is 2.00 bits per heavy atom. The Labute approximate surface area is 127 Å². The first-order valence-electron chi connectivity index (χ1n) is 4.76. The van der Waals surface area contributed by atoms with Crippen LogP contribution in [0.5, 0.6) is 5.75 Å². The second-order valence-electron chi connectivity index (χ2n) is 2.97. The summed E-state index contributed by atoms with van der Waals surface area (Å²) in [5, 5.41) is 8.90. The van der Waals surface area contributed by atoms with Gasteiger partial charge in [-0.15, -0.1) is 0 Å². The molecule has 0 unspecified atom stereocenters. The van der Waals surface area contributed by atoms with Crippen molar-refractivity contribution in [3.8, 4) is 11.8 Å². The van der Waals surface area contributed by atoms with Gasteiger partial charge in [0.15, 0.2) is 6.61 Å². The average Bonchev–Trinajstić information content (AvgIpc) is 2.26. The van der Waals surface area contributed by atoms with Gasteiger partial charge in [0.25, 0.3) is 0 Å². The zero-order chi connectivity index (χ0) is 12.8. The number of halogens is 2. The van der Waals surface area contributed by atoms with Crippen LogP contribution in [0.3, 0.4) is 0 Å². The third-order valence-corrected chi connectivity index (χ3v) is 3.49. The molecule has 0 saturated carbocycles. The number of benzene rings is 1. The molecule has 1 rings (SSSR count). The Balaban J connectivity index is 2.74. The molecular formula is C11H9I2NO3. The summed E-state index contributed by atoms with van der Waals surface area (Å²) in [6.45, 7) is 1.96. The molecule has 0 spiro atoms. The van der Waals surface area contributed by atoms with E-state index in [-0.39, 0.29) is 6.61 Å². The maximum Gasteiger partial charge on any atom is 0.344 e. The van der Waals surface area contributed by atoms with Gasteiger partial charge in [-0.25, -0.2) is 4.79 Å². The molecule has 17 heavy (non-hydrogen) atoms. The molecule has 0 bridgehead atoms. The largest absolute Gasteiger partial charge is 0.482 e. The lowest BCUT2D eigenvalue weighted by atomic mass is 10.2. The third kappa shape index (κ3) is 4.31. The minimum absolute atomic E-state index is 0.119. The number of nitriles is 1. The molecule has 0 aromatic heterocycles. The van der Waals surface area contributed by atoms with Gasteiger partial charge in [-0.3, -0.25) is 0 Å². The first-order valence-corrected chi connectivity index (χ1v) is 6.91. The van der Waals surface area contributed by atoms with E-state index in [4.69, 9.17) is 14.7 Å². The van der Waals surface area contributed by atoms with Crippen molar-refractivity contribution in [1.29, 1.82) is 5.26 Å². The zero-order valence-corrected chi connectivity index (χ0v) is 13.3. The zero-order valence-electron chi connectivity index (χ0n) is 9.00. The standard InChI is InChI=1S/C11H9I2NO3/c1-2-16-11(15)6-17-7-3-9(12)8(5-14)10(13)4-7/h3-4H,2,6H2,1H3. The van der Waals surface area contributed by atoms with Crippen molar-refractivity contribution in [3.05, 3.63) is 24.8 Å². The summed E-state index contributed by atoms with van der Waals surface area (Å²) in [6, 6.07) is 5.56. The second kappa shape index (κ2) is 7.00. The first kappa shape index (κ1) is 14.5. The van der Waals surface area contributed by atoms with E-state index in [1.54, 1.807) is 19.1 Å². The summed E-state index contributed by atoms with van der Waals surface area (Å²) >= 11 is 4.12. The van der Waals surface area contributed by atoms with Gasteiger partial charge in [0.05, 0.1) is 12.2 Å². The number of hydrogen-bond donors (Lipinski definition) is 0. The van der Waals surface area contributed by atoms with Crippen LogP contribution in [0.2, 0.25) is 0 Å². The molecule has 1 aromatic carbocycles. The monoisotopic (exact) mass is 457 g/mol. The van der Waals surface area contributed by atoms with Crippen molar-refractivity contribution in [1.82, 2.24) is 0 Å². The molecule has 1 aromatic rings. The summed E-state index contributed by atoms with van der Waals surface area (Å²) in [5.74, 6) is 0.160. The average molecular weight is 457 g/mol. The van der Waals surface area contributed by atoms with Crippen molar-refractivity contribution in [2.45, 2.75) is 6.92 Å². The SMILES string of the molecule is CCOC(=O)COc1cc(I)c(C#N)c(I)c1. The van der Waals surface area contributed by atoms with Crippen LogP contribution in [0.1, 0.15) is 12.5 Å². The van der Waals surface area contributed by atoms with Crippen LogP contribution in [0.15, 0.2) is 12.1 Å². The highest BCUT2D eigenvalue weighted by Crippen LogP contribution is 2.24. The van der Waals surface area contributed by atoms with Gasteiger partial charge in [0, 0.05) is 7.14 Å². The molecule has 0 amide bonds. The van der Waals surface area contributed by atoms with Crippen molar-refractivity contribution < 1.29 is 14.3 Å². The van der Waals surface area contributed by atoms with E-state index in [1.165, 1.54) is 0 Å². The lowest BCUT2D eigenvalue weighted by Crippen LogP contribution is -2.14. The molecule has 0 radical (unpaired) electrons. The number of ether oxygens (including phenoxy) is 2. The molecule has 90 valence electrons. The Kier molecular flexibility index (Phi) is 5.97. The van der Waals surface area contributed by atoms with Crippen molar-refractivity contribution in [2.24, 2.45) is 0 Å². The number of hydrogen-bond acceptors (Lipinski definition) is 4. The Morgan fingerprint density at radius 3 is 2.47 bits per heavy atom. The summed E-state index contributed by atoms with van der Waals surface area (Å²) in [6.07, 6.45) is 0. The van der Waals surface area contributed by atoms with E-state index in [2.05, 4.69) is 51.3 Å². The highest BCUT2D eigenvalue weighted by atomic mass is 127. The molecule has 0 saturated heterocycles. The molecular weight excluding hydrogens is 448 g/mol. The van der Waals surface area contributed by atoms with Gasteiger partial charge in [0.2, 0.25) is 0 Å². The van der Waals surface area contributed by atoms with Crippen LogP contribution in [-0.2, 0) is 9.53 Å². The molecule has 0 heterocycles. The van der Waals surface area contributed by atoms with E-state index < -0.39 is 5.97 Å². The van der Waals surface area contributed by atoms with E-state index >= 15 is 0 Å². The Bertz CT molecular complexity index is 445. The smallest absolute Gasteiger partial charge is 0.344 e. The summed E-state index contributed by atoms with van der Waals surface area (Å²) in [7, 11) is 0. The number of nitrogens with zero attached hydrogens (tertiary/aromatic N) is 1. The van der Waals surface area contributed by atoms with Crippen molar-refractivity contribution in [3.63, 3.8) is 0 Å². The highest BCUT2D eigenvalue weighted by molar-refractivity contribution is 14.1. The molecule has 0 fully saturated rings. The van der Waals surface area contributed by atoms with E-state index in [0.717, 1.165) is 7.14 Å². The van der Waals surface area contributed by atoms with Gasteiger partial charge in [-0.1, -0.05) is 0 Å². The molecule has 0 atom stereocenters. The molecule has 4 nitrogen and oxygen atoms in total. The minimum atomic E-state index is -0.401. The maximum atomic E-state index is 11.1. The number of esters is 1. The first-order chi connectivity index (χ1) is 8.08. The van der Waals surface area contributed by atoms with Gasteiger partial charge in [0.1, 0.15) is 11.8 Å². The van der Waals surface area contributed by atoms with Gasteiger partial charge in [-0.05, 0) is 64.2 Å². The van der Waals surface area contributed by atoms with Crippen molar-refractivity contribution >= 4 is 51.2 Å². The van der Waals surface area contributed by atoms with Crippen LogP contribution < -0.4 is 4.74 Å². The number of carbonyl (C=O) groups is 1. The molecule has 0 aliphatic carbocycles. The molecule has 6 heteroatoms. The van der Waals surface area contributed by atoms with E-state index in [9.17, 15) is 4.79 Å². The minimum Gasteiger partial charge on any atom is -0.482 e. The van der Waals surface area contributed by atoms with Gasteiger partial charge >= 0.3 is 5.97 Å². The summed E-state index contributed by atoms with van der Waals surface area (Å²) in [4.78, 5) is 11.1. The number of carbonyl (C=O) groups excluding carboxylic acids is 1. The van der Waals surface area contributed by atoms with Crippen LogP contribution in [0.25, 0.3) is 0 Å². The maximum absolute atomic E-state index is 11.1. The lowest BCUT2D eigenvalue weighted by molar-refractivity contribution is -0.145. The van der Waals surface area contributed by atoms with Crippen LogP contribution >= 0.6 is 45.2 Å². The predicted octanol–water partition coefficient (Wildman–Crippen LogP) is 2.71. The second-order valence-corrected chi connectivity index (χ2v) is 5.29. The van der Waals surface area contributed by atoms with Crippen LogP contribution in [0, 0.1) is 18.5 Å². The van der Waals surface area contributed by atoms with Crippen LogP contribution in [0.4, 0.5) is 0 Å². The van der Waals surface area contributed by atoms with Crippen LogP contribution in [-0.4, -0.2) is 19.2 Å². The van der Waals surface area contributed by atoms with Gasteiger partial charge in [-0.2, -0.15) is 5.26 Å². The van der Waals surface area contributed by atoms with Crippen molar-refractivity contribution in [2.75, 3.05) is 13.2 Å². The number of rotatable bonds is 4. The lowest BCUT2D eigenvalue weighted by Gasteiger charge is -2.08. The predicted molar refractivity (Wildman–Crippen MR) is 78.7 cm³/mol. The summed E-state index contributed by atoms with van der Waals surface area (Å²) in [5.41, 5.74) is 0.620.